The highest BCUT2D eigenvalue weighted by molar-refractivity contribution is 6.53. The molecular formula is C20H19N3O6. The number of urea groups is 1. The number of ether oxygens (including phenoxy) is 1. The number of aromatic nitrogens is 1. The molecule has 1 aromatic heterocycles. The van der Waals surface area contributed by atoms with Crippen molar-refractivity contribution in [1.82, 2.24) is 9.88 Å². The molecule has 0 unspecified atom stereocenters. The fourth-order valence-corrected chi connectivity index (χ4v) is 3.38. The van der Waals surface area contributed by atoms with Crippen LogP contribution in [-0.2, 0) is 9.59 Å². The Kier molecular flexibility index (Phi) is 5.06. The van der Waals surface area contributed by atoms with Gasteiger partial charge in [0.15, 0.2) is 11.6 Å². The Bertz CT molecular complexity index is 1050. The number of methoxy groups -OCH3 is 1. The zero-order chi connectivity index (χ0) is 21.5. The zero-order valence-corrected chi connectivity index (χ0v) is 16.4. The van der Waals surface area contributed by atoms with Crippen LogP contribution in [0, 0.1) is 13.8 Å². The molecule has 1 N–H and O–H groups in total. The Morgan fingerprint density at radius 3 is 2.17 bits per heavy atom. The zero-order valence-electron chi connectivity index (χ0n) is 16.4. The van der Waals surface area contributed by atoms with Gasteiger partial charge in [0.05, 0.1) is 25.0 Å². The van der Waals surface area contributed by atoms with Crippen LogP contribution < -0.4 is 9.64 Å². The van der Waals surface area contributed by atoms with Crippen LogP contribution in [0.2, 0.25) is 0 Å². The van der Waals surface area contributed by atoms with Gasteiger partial charge in [-0.15, -0.1) is 0 Å². The maximum atomic E-state index is 12.7. The SMILES string of the molecule is COc1ccc(N2C(=O)C(=O)N(CC(=O)c3[nH]c(C)c(C(C)=O)c3C)C2=O)cc1. The third-order valence-electron chi connectivity index (χ3n) is 4.75. The molecule has 1 aliphatic heterocycles. The van der Waals surface area contributed by atoms with Crippen LogP contribution in [-0.4, -0.2) is 53.0 Å². The van der Waals surface area contributed by atoms with E-state index in [1.54, 1.807) is 26.0 Å². The van der Waals surface area contributed by atoms with E-state index in [1.807, 2.05) is 0 Å². The van der Waals surface area contributed by atoms with Crippen LogP contribution in [0.15, 0.2) is 24.3 Å². The second-order valence-corrected chi connectivity index (χ2v) is 6.62. The summed E-state index contributed by atoms with van der Waals surface area (Å²) >= 11 is 0. The molecule has 1 aliphatic rings. The Labute approximate surface area is 166 Å². The van der Waals surface area contributed by atoms with Crippen molar-refractivity contribution in [2.24, 2.45) is 0 Å². The normalized spacial score (nSPS) is 14.0. The first kappa shape index (κ1) is 20.0. The molecule has 150 valence electrons. The van der Waals surface area contributed by atoms with Gasteiger partial charge in [0.25, 0.3) is 0 Å². The van der Waals surface area contributed by atoms with E-state index in [-0.39, 0.29) is 17.2 Å². The second-order valence-electron chi connectivity index (χ2n) is 6.62. The quantitative estimate of drug-likeness (QED) is 0.453. The standard InChI is InChI=1S/C20H19N3O6/c1-10-16(12(3)24)11(2)21-17(10)15(25)9-22-18(26)19(27)23(20(22)28)13-5-7-14(29-4)8-6-13/h5-8,21H,9H2,1-4H3. The van der Waals surface area contributed by atoms with E-state index in [2.05, 4.69) is 4.98 Å². The van der Waals surface area contributed by atoms with Crippen molar-refractivity contribution in [3.8, 4) is 5.75 Å². The third-order valence-corrected chi connectivity index (χ3v) is 4.75. The molecule has 0 radical (unpaired) electrons. The van der Waals surface area contributed by atoms with Crippen LogP contribution in [0.3, 0.4) is 0 Å². The number of H-pyrrole nitrogens is 1. The molecule has 0 bridgehead atoms. The lowest BCUT2D eigenvalue weighted by molar-refractivity contribution is -0.139. The van der Waals surface area contributed by atoms with Crippen molar-refractivity contribution in [2.75, 3.05) is 18.6 Å². The number of ketones is 2. The fourth-order valence-electron chi connectivity index (χ4n) is 3.38. The highest BCUT2D eigenvalue weighted by atomic mass is 16.5. The molecule has 0 aliphatic carbocycles. The van der Waals surface area contributed by atoms with Crippen molar-refractivity contribution >= 4 is 35.1 Å². The number of rotatable bonds is 6. The van der Waals surface area contributed by atoms with E-state index in [0.717, 1.165) is 0 Å². The molecular weight excluding hydrogens is 378 g/mol. The Morgan fingerprint density at radius 1 is 1.03 bits per heavy atom. The number of carbonyl (C=O) groups excluding carboxylic acids is 5. The van der Waals surface area contributed by atoms with Crippen LogP contribution >= 0.6 is 0 Å². The Morgan fingerprint density at radius 2 is 1.66 bits per heavy atom. The lowest BCUT2D eigenvalue weighted by atomic mass is 10.1. The summed E-state index contributed by atoms with van der Waals surface area (Å²) in [4.78, 5) is 65.9. The molecule has 2 aromatic rings. The van der Waals surface area contributed by atoms with Gasteiger partial charge in [0, 0.05) is 11.3 Å². The summed E-state index contributed by atoms with van der Waals surface area (Å²) in [5.41, 5.74) is 1.67. The van der Waals surface area contributed by atoms with Crippen molar-refractivity contribution < 1.29 is 28.7 Å². The Hall–Kier alpha value is -3.75. The highest BCUT2D eigenvalue weighted by Crippen LogP contribution is 2.25. The molecule has 1 aromatic carbocycles. The topological polar surface area (TPSA) is 117 Å². The summed E-state index contributed by atoms with van der Waals surface area (Å²) in [5, 5.41) is 0. The minimum Gasteiger partial charge on any atom is -0.497 e. The minimum absolute atomic E-state index is 0.128. The maximum Gasteiger partial charge on any atom is 0.339 e. The second kappa shape index (κ2) is 7.34. The van der Waals surface area contributed by atoms with Gasteiger partial charge in [-0.3, -0.25) is 19.2 Å². The summed E-state index contributed by atoms with van der Waals surface area (Å²) in [7, 11) is 1.47. The summed E-state index contributed by atoms with van der Waals surface area (Å²) in [6, 6.07) is 5.10. The lowest BCUT2D eigenvalue weighted by Crippen LogP contribution is -2.37. The molecule has 1 fully saturated rings. The van der Waals surface area contributed by atoms with Crippen molar-refractivity contribution in [3.05, 3.63) is 46.8 Å². The molecule has 1 saturated heterocycles. The molecule has 3 rings (SSSR count). The van der Waals surface area contributed by atoms with Gasteiger partial charge in [-0.2, -0.15) is 0 Å². The summed E-state index contributed by atoms with van der Waals surface area (Å²) in [6.45, 7) is 4.03. The number of imide groups is 2. The first-order valence-electron chi connectivity index (χ1n) is 8.74. The fraction of sp³-hybridized carbons (Fsp3) is 0.250. The minimum atomic E-state index is -1.09. The van der Waals surface area contributed by atoms with Crippen LogP contribution in [0.25, 0.3) is 0 Å². The van der Waals surface area contributed by atoms with E-state index < -0.39 is 30.2 Å². The predicted octanol–water partition coefficient (Wildman–Crippen LogP) is 2.02. The average molecular weight is 397 g/mol. The third kappa shape index (κ3) is 3.31. The van der Waals surface area contributed by atoms with Gasteiger partial charge in [0.2, 0.25) is 0 Å². The number of hydrogen-bond donors (Lipinski definition) is 1. The molecule has 29 heavy (non-hydrogen) atoms. The molecule has 2 heterocycles. The summed E-state index contributed by atoms with van der Waals surface area (Å²) < 4.78 is 5.03. The largest absolute Gasteiger partial charge is 0.497 e. The van der Waals surface area contributed by atoms with E-state index in [1.165, 1.54) is 26.2 Å². The number of Topliss-reactive ketones (excluding diaryl/α,β-unsaturated/α-hetero) is 2. The molecule has 9 heteroatoms. The van der Waals surface area contributed by atoms with Crippen LogP contribution in [0.1, 0.15) is 39.0 Å². The summed E-state index contributed by atoms with van der Waals surface area (Å²) in [5.74, 6) is -2.40. The first-order valence-corrected chi connectivity index (χ1v) is 8.74. The number of amides is 4. The van der Waals surface area contributed by atoms with Crippen LogP contribution in [0.4, 0.5) is 10.5 Å². The highest BCUT2D eigenvalue weighted by Gasteiger charge is 2.46. The van der Waals surface area contributed by atoms with Gasteiger partial charge in [-0.25, -0.2) is 14.6 Å². The van der Waals surface area contributed by atoms with E-state index >= 15 is 0 Å². The van der Waals surface area contributed by atoms with Gasteiger partial charge >= 0.3 is 17.8 Å². The number of benzene rings is 1. The molecule has 0 saturated carbocycles. The van der Waals surface area contributed by atoms with Gasteiger partial charge in [-0.1, -0.05) is 0 Å². The van der Waals surface area contributed by atoms with Crippen molar-refractivity contribution in [3.63, 3.8) is 0 Å². The molecule has 0 atom stereocenters. The van der Waals surface area contributed by atoms with E-state index in [4.69, 9.17) is 4.74 Å². The number of anilines is 1. The Balaban J connectivity index is 1.86. The van der Waals surface area contributed by atoms with E-state index in [0.29, 0.717) is 32.4 Å². The molecule has 9 nitrogen and oxygen atoms in total. The number of hydrogen-bond acceptors (Lipinski definition) is 6. The van der Waals surface area contributed by atoms with Crippen LogP contribution in [0.5, 0.6) is 5.75 Å². The average Bonchev–Trinajstić information content (AvgIpc) is 3.09. The van der Waals surface area contributed by atoms with Crippen molar-refractivity contribution in [2.45, 2.75) is 20.8 Å². The number of aromatic amines is 1. The number of aryl methyl sites for hydroxylation is 1. The number of nitrogens with one attached hydrogen (secondary N) is 1. The van der Waals surface area contributed by atoms with E-state index in [9.17, 15) is 24.0 Å². The van der Waals surface area contributed by atoms with Gasteiger partial charge in [-0.05, 0) is 50.6 Å². The number of carbonyl (C=O) groups is 5. The molecule has 0 spiro atoms. The smallest absolute Gasteiger partial charge is 0.339 e. The predicted molar refractivity (Wildman–Crippen MR) is 102 cm³/mol. The lowest BCUT2D eigenvalue weighted by Gasteiger charge is -2.15. The maximum absolute atomic E-state index is 12.7. The number of nitrogens with zero attached hydrogens (tertiary/aromatic N) is 2. The van der Waals surface area contributed by atoms with Gasteiger partial charge < -0.3 is 9.72 Å². The van der Waals surface area contributed by atoms with Crippen molar-refractivity contribution in [1.29, 1.82) is 0 Å². The van der Waals surface area contributed by atoms with Gasteiger partial charge in [0.1, 0.15) is 5.75 Å². The first-order chi connectivity index (χ1) is 13.7. The monoisotopic (exact) mass is 397 g/mol. The molecule has 4 amide bonds. The summed E-state index contributed by atoms with van der Waals surface area (Å²) in [6.07, 6.45) is 0.